The first-order valence-corrected chi connectivity index (χ1v) is 1.50. The molecule has 0 nitrogen and oxygen atoms in total. The van der Waals surface area contributed by atoms with Gasteiger partial charge in [-0.3, -0.25) is 0 Å². The van der Waals surface area contributed by atoms with Crippen LogP contribution in [0.1, 0.15) is 20.8 Å². The van der Waals surface area contributed by atoms with Crippen molar-refractivity contribution >= 4 is 0 Å². The predicted molar refractivity (Wildman–Crippen MR) is 26.7 cm³/mol. The number of rotatable bonds is 0. The molecule has 0 saturated heterocycles. The van der Waals surface area contributed by atoms with Crippen molar-refractivity contribution in [3.63, 3.8) is 0 Å². The van der Waals surface area contributed by atoms with E-state index >= 15 is 0 Å². The summed E-state index contributed by atoms with van der Waals surface area (Å²) in [6.07, 6.45) is 0. The van der Waals surface area contributed by atoms with Crippen molar-refractivity contribution in [1.29, 1.82) is 0 Å². The molecule has 0 N–H and O–H groups in total. The third kappa shape index (κ3) is 125. The summed E-state index contributed by atoms with van der Waals surface area (Å²) in [7, 11) is 0. The van der Waals surface area contributed by atoms with Gasteiger partial charge in [0.15, 0.2) is 0 Å². The first-order valence-electron chi connectivity index (χ1n) is 1.50. The van der Waals surface area contributed by atoms with Crippen LogP contribution in [-0.4, -0.2) is 0 Å². The Morgan fingerprint density at radius 3 is 1.00 bits per heavy atom. The summed E-state index contributed by atoms with van der Waals surface area (Å²) < 4.78 is 0. The molecule has 0 atom stereocenters. The van der Waals surface area contributed by atoms with Crippen LogP contribution in [0.4, 0.5) is 0 Å². The standard InChI is InChI=1S/C4H9.CH3.V.W/c1-4(2)3;;;/h1-3H3;1H3;;/q2*-1;;. The quantitative estimate of drug-likeness (QED) is 0.601. The van der Waals surface area contributed by atoms with E-state index in [0.717, 1.165) is 0 Å². The second-order valence-corrected chi connectivity index (χ2v) is 1.50. The van der Waals surface area contributed by atoms with E-state index in [1.54, 1.807) is 0 Å². The minimum absolute atomic E-state index is 0. The summed E-state index contributed by atoms with van der Waals surface area (Å²) in [4.78, 5) is 0. The zero-order chi connectivity index (χ0) is 3.58. The molecule has 0 rings (SSSR count). The Labute approximate surface area is 73.6 Å². The molecule has 0 aromatic carbocycles. The summed E-state index contributed by atoms with van der Waals surface area (Å²) in [5.41, 5.74) is 0. The maximum atomic E-state index is 2.08. The Bertz CT molecular complexity index is 12.8. The van der Waals surface area contributed by atoms with Crippen LogP contribution in [-0.2, 0) is 39.6 Å². The third-order valence-corrected chi connectivity index (χ3v) is 0. The minimum atomic E-state index is 0. The fourth-order valence-corrected chi connectivity index (χ4v) is 0. The number of hydrogen-bond donors (Lipinski definition) is 0. The van der Waals surface area contributed by atoms with Crippen LogP contribution in [0.15, 0.2) is 0 Å². The van der Waals surface area contributed by atoms with E-state index in [2.05, 4.69) is 20.8 Å². The van der Waals surface area contributed by atoms with Crippen LogP contribution in [0.5, 0.6) is 0 Å². The van der Waals surface area contributed by atoms with E-state index in [4.69, 9.17) is 0 Å². The molecule has 0 spiro atoms. The fraction of sp³-hybridized carbons (Fsp3) is 0.600. The molecule has 0 unspecified atom stereocenters. The monoisotopic (exact) mass is 307 g/mol. The summed E-state index contributed by atoms with van der Waals surface area (Å²) in [6, 6.07) is 0. The van der Waals surface area contributed by atoms with Crippen molar-refractivity contribution in [3.05, 3.63) is 13.3 Å². The van der Waals surface area contributed by atoms with Crippen molar-refractivity contribution < 1.29 is 39.6 Å². The van der Waals surface area contributed by atoms with Gasteiger partial charge in [0.25, 0.3) is 0 Å². The van der Waals surface area contributed by atoms with E-state index < -0.39 is 0 Å². The summed E-state index contributed by atoms with van der Waals surface area (Å²) in [6.45, 7) is 6.25. The van der Waals surface area contributed by atoms with Gasteiger partial charge in [-0.25, -0.2) is 0 Å². The molecule has 0 aliphatic heterocycles. The molecular weight excluding hydrogens is 295 g/mol. The Balaban J connectivity index is -0.0000000150. The van der Waals surface area contributed by atoms with Gasteiger partial charge in [-0.05, 0) is 0 Å². The zero-order valence-electron chi connectivity index (χ0n) is 5.36. The van der Waals surface area contributed by atoms with Crippen molar-refractivity contribution in [1.82, 2.24) is 0 Å². The van der Waals surface area contributed by atoms with Gasteiger partial charge in [0, 0.05) is 39.6 Å². The van der Waals surface area contributed by atoms with Crippen LogP contribution in [0.2, 0.25) is 0 Å². The molecule has 0 aliphatic rings. The molecule has 0 aliphatic carbocycles. The van der Waals surface area contributed by atoms with Crippen molar-refractivity contribution in [2.45, 2.75) is 20.8 Å². The SMILES string of the molecule is C[C-](C)C.[CH3-].[V].[W]. The average molecular weight is 307 g/mol. The third-order valence-electron chi connectivity index (χ3n) is 0. The van der Waals surface area contributed by atoms with E-state index in [0.29, 0.717) is 0 Å². The largest absolute Gasteiger partial charge is 0.358 e. The van der Waals surface area contributed by atoms with Crippen LogP contribution in [0.25, 0.3) is 0 Å². The Morgan fingerprint density at radius 1 is 1.00 bits per heavy atom. The molecule has 0 aromatic heterocycles. The van der Waals surface area contributed by atoms with Crippen LogP contribution < -0.4 is 0 Å². The molecule has 0 heterocycles. The van der Waals surface area contributed by atoms with Crippen LogP contribution in [0, 0.1) is 13.3 Å². The zero-order valence-corrected chi connectivity index (χ0v) is 9.69. The molecular formula is C5H12VW-2. The minimum Gasteiger partial charge on any atom is -0.358 e. The van der Waals surface area contributed by atoms with E-state index in [1.165, 1.54) is 5.92 Å². The molecule has 2 heteroatoms. The van der Waals surface area contributed by atoms with E-state index in [9.17, 15) is 0 Å². The van der Waals surface area contributed by atoms with Gasteiger partial charge in [0.05, 0.1) is 0 Å². The molecule has 0 amide bonds. The van der Waals surface area contributed by atoms with Gasteiger partial charge in [0.1, 0.15) is 0 Å². The van der Waals surface area contributed by atoms with Crippen molar-refractivity contribution in [2.24, 2.45) is 0 Å². The number of hydrogen-bond acceptors (Lipinski definition) is 0. The second kappa shape index (κ2) is 15.7. The molecule has 0 aromatic rings. The Hall–Kier alpha value is 1.27. The fourth-order valence-electron chi connectivity index (χ4n) is 0. The molecule has 0 bridgehead atoms. The van der Waals surface area contributed by atoms with Gasteiger partial charge in [-0.15, -0.1) is 0 Å². The first-order chi connectivity index (χ1) is 1.73. The smallest absolute Gasteiger partial charge is 0 e. The normalized spacial score (nSPS) is 5.14. The first kappa shape index (κ1) is 24.0. The van der Waals surface area contributed by atoms with Crippen LogP contribution in [0.3, 0.4) is 0 Å². The summed E-state index contributed by atoms with van der Waals surface area (Å²) in [5.74, 6) is 1.42. The molecule has 45 valence electrons. The van der Waals surface area contributed by atoms with E-state index in [1.807, 2.05) is 0 Å². The second-order valence-electron chi connectivity index (χ2n) is 1.50. The van der Waals surface area contributed by atoms with Gasteiger partial charge >= 0.3 is 0 Å². The van der Waals surface area contributed by atoms with E-state index in [-0.39, 0.29) is 47.0 Å². The van der Waals surface area contributed by atoms with Gasteiger partial charge in [-0.2, -0.15) is 20.8 Å². The summed E-state index contributed by atoms with van der Waals surface area (Å²) in [5, 5.41) is 0. The topological polar surface area (TPSA) is 0 Å². The van der Waals surface area contributed by atoms with Crippen molar-refractivity contribution in [2.75, 3.05) is 0 Å². The maximum absolute atomic E-state index is 2.08. The van der Waals surface area contributed by atoms with Crippen LogP contribution >= 0.6 is 0 Å². The summed E-state index contributed by atoms with van der Waals surface area (Å²) >= 11 is 0. The molecule has 1 radical (unpaired) electrons. The van der Waals surface area contributed by atoms with Gasteiger partial charge in [-0.1, -0.05) is 0 Å². The van der Waals surface area contributed by atoms with Gasteiger partial charge in [0.2, 0.25) is 0 Å². The Morgan fingerprint density at radius 2 is 1.00 bits per heavy atom. The molecule has 0 fully saturated rings. The predicted octanol–water partition coefficient (Wildman–Crippen LogP) is 2.07. The Kier molecular flexibility index (Phi) is 53.7. The maximum Gasteiger partial charge on any atom is 0 e. The van der Waals surface area contributed by atoms with Gasteiger partial charge < -0.3 is 13.3 Å². The molecule has 0 saturated carbocycles. The van der Waals surface area contributed by atoms with Crippen molar-refractivity contribution in [3.8, 4) is 0 Å². The molecule has 7 heavy (non-hydrogen) atoms. The average Bonchev–Trinajstić information content (AvgIpc) is 0.811.